The topological polar surface area (TPSA) is 75.2 Å². The number of fused-ring (bicyclic) bond motifs is 1. The van der Waals surface area contributed by atoms with Crippen LogP contribution in [0.15, 0.2) is 54.9 Å². The van der Waals surface area contributed by atoms with Gasteiger partial charge in [-0.3, -0.25) is 19.6 Å². The van der Waals surface area contributed by atoms with Crippen molar-refractivity contribution in [3.63, 3.8) is 0 Å². The van der Waals surface area contributed by atoms with Crippen LogP contribution in [0, 0.1) is 6.92 Å². The summed E-state index contributed by atoms with van der Waals surface area (Å²) in [5.74, 6) is -0.174. The number of aryl methyl sites for hydroxylation is 1. The minimum Gasteiger partial charge on any atom is -0.347 e. The molecule has 1 aliphatic heterocycles. The molecule has 2 amide bonds. The van der Waals surface area contributed by atoms with E-state index in [1.54, 1.807) is 29.4 Å². The zero-order chi connectivity index (χ0) is 18.8. The molecule has 0 radical (unpaired) electrons. The largest absolute Gasteiger partial charge is 0.347 e. The summed E-state index contributed by atoms with van der Waals surface area (Å²) in [6, 6.07) is 12.9. The molecule has 1 saturated heterocycles. The Hall–Kier alpha value is -3.28. The number of rotatable bonds is 3. The van der Waals surface area contributed by atoms with Crippen LogP contribution in [0.1, 0.15) is 32.8 Å². The third-order valence-corrected chi connectivity index (χ3v) is 4.92. The molecule has 0 aliphatic carbocycles. The lowest BCUT2D eigenvalue weighted by atomic mass is 10.1. The number of amides is 2. The van der Waals surface area contributed by atoms with Crippen molar-refractivity contribution in [2.45, 2.75) is 19.4 Å². The lowest BCUT2D eigenvalue weighted by molar-refractivity contribution is 0.0783. The normalized spacial score (nSPS) is 16.5. The van der Waals surface area contributed by atoms with Gasteiger partial charge >= 0.3 is 0 Å². The molecule has 27 heavy (non-hydrogen) atoms. The maximum atomic E-state index is 12.8. The van der Waals surface area contributed by atoms with Crippen LogP contribution < -0.4 is 5.32 Å². The number of nitrogens with one attached hydrogen (secondary N) is 1. The predicted octanol–water partition coefficient (Wildman–Crippen LogP) is 2.58. The summed E-state index contributed by atoms with van der Waals surface area (Å²) in [7, 11) is 0. The van der Waals surface area contributed by atoms with Crippen LogP contribution in [0.4, 0.5) is 0 Å². The summed E-state index contributed by atoms with van der Waals surface area (Å²) in [5, 5.41) is 4.02. The molecule has 1 atom stereocenters. The van der Waals surface area contributed by atoms with E-state index in [9.17, 15) is 9.59 Å². The number of carbonyl (C=O) groups is 2. The van der Waals surface area contributed by atoms with E-state index in [0.29, 0.717) is 29.9 Å². The minimum atomic E-state index is -0.144. The van der Waals surface area contributed by atoms with Crippen molar-refractivity contribution in [2.24, 2.45) is 0 Å². The summed E-state index contributed by atoms with van der Waals surface area (Å²) < 4.78 is 0. The van der Waals surface area contributed by atoms with Gasteiger partial charge in [0.1, 0.15) is 0 Å². The van der Waals surface area contributed by atoms with Crippen LogP contribution in [0.25, 0.3) is 10.9 Å². The Labute approximate surface area is 157 Å². The minimum absolute atomic E-state index is 0.0307. The van der Waals surface area contributed by atoms with Crippen molar-refractivity contribution in [2.75, 3.05) is 13.1 Å². The van der Waals surface area contributed by atoms with Gasteiger partial charge in [-0.05, 0) is 43.7 Å². The average Bonchev–Trinajstić information content (AvgIpc) is 3.15. The lowest BCUT2D eigenvalue weighted by Crippen LogP contribution is -2.38. The molecule has 1 aliphatic rings. The summed E-state index contributed by atoms with van der Waals surface area (Å²) in [6.07, 6.45) is 4.13. The third kappa shape index (κ3) is 3.51. The highest BCUT2D eigenvalue weighted by atomic mass is 16.2. The van der Waals surface area contributed by atoms with Gasteiger partial charge in [-0.15, -0.1) is 0 Å². The number of nitrogens with zero attached hydrogens (tertiary/aromatic N) is 3. The maximum Gasteiger partial charge on any atom is 0.254 e. The van der Waals surface area contributed by atoms with Crippen molar-refractivity contribution in [1.29, 1.82) is 0 Å². The molecule has 3 heterocycles. The fraction of sp³-hybridized carbons (Fsp3) is 0.238. The Kier molecular flexibility index (Phi) is 4.54. The molecule has 2 aromatic heterocycles. The Bertz CT molecular complexity index is 1020. The van der Waals surface area contributed by atoms with Gasteiger partial charge in [0.25, 0.3) is 11.8 Å². The van der Waals surface area contributed by atoms with E-state index in [2.05, 4.69) is 15.3 Å². The van der Waals surface area contributed by atoms with Crippen molar-refractivity contribution >= 4 is 22.7 Å². The summed E-state index contributed by atoms with van der Waals surface area (Å²) in [4.78, 5) is 35.5. The fourth-order valence-electron chi connectivity index (χ4n) is 3.43. The Morgan fingerprint density at radius 3 is 2.78 bits per heavy atom. The standard InChI is InChI=1S/C21H20N4O2/c1-14-18(5-3-9-22-14)20(26)24-17-8-11-25(13-17)21(27)16-7-6-15-4-2-10-23-19(15)12-16/h2-7,9-10,12,17H,8,11,13H2,1H3,(H,24,26)/t17-/m1/s1. The molecule has 1 fully saturated rings. The zero-order valence-electron chi connectivity index (χ0n) is 15.1. The second kappa shape index (κ2) is 7.15. The molecule has 0 bridgehead atoms. The summed E-state index contributed by atoms with van der Waals surface area (Å²) in [5.41, 5.74) is 2.70. The van der Waals surface area contributed by atoms with Gasteiger partial charge in [0.15, 0.2) is 0 Å². The number of likely N-dealkylation sites (tertiary alicyclic amines) is 1. The highest BCUT2D eigenvalue weighted by molar-refractivity contribution is 5.98. The van der Waals surface area contributed by atoms with Crippen molar-refractivity contribution in [3.8, 4) is 0 Å². The number of carbonyl (C=O) groups excluding carboxylic acids is 2. The van der Waals surface area contributed by atoms with Crippen molar-refractivity contribution in [1.82, 2.24) is 20.2 Å². The quantitative estimate of drug-likeness (QED) is 0.779. The number of pyridine rings is 2. The molecular formula is C21H20N4O2. The molecule has 0 saturated carbocycles. The van der Waals surface area contributed by atoms with E-state index in [0.717, 1.165) is 17.3 Å². The van der Waals surface area contributed by atoms with Crippen LogP contribution in [-0.4, -0.2) is 45.8 Å². The first-order valence-corrected chi connectivity index (χ1v) is 8.98. The van der Waals surface area contributed by atoms with Gasteiger partial charge in [0, 0.05) is 48.2 Å². The van der Waals surface area contributed by atoms with E-state index in [1.165, 1.54) is 0 Å². The highest BCUT2D eigenvalue weighted by Crippen LogP contribution is 2.18. The van der Waals surface area contributed by atoms with E-state index in [-0.39, 0.29) is 17.9 Å². The monoisotopic (exact) mass is 360 g/mol. The number of benzene rings is 1. The van der Waals surface area contributed by atoms with Gasteiger partial charge in [-0.25, -0.2) is 0 Å². The predicted molar refractivity (Wildman–Crippen MR) is 102 cm³/mol. The number of hydrogen-bond acceptors (Lipinski definition) is 4. The van der Waals surface area contributed by atoms with Crippen LogP contribution in [-0.2, 0) is 0 Å². The van der Waals surface area contributed by atoms with Gasteiger partial charge in [-0.2, -0.15) is 0 Å². The van der Waals surface area contributed by atoms with E-state index in [1.807, 2.05) is 37.3 Å². The Morgan fingerprint density at radius 2 is 1.93 bits per heavy atom. The summed E-state index contributed by atoms with van der Waals surface area (Å²) >= 11 is 0. The third-order valence-electron chi connectivity index (χ3n) is 4.92. The molecule has 0 spiro atoms. The molecule has 6 nitrogen and oxygen atoms in total. The second-order valence-electron chi connectivity index (χ2n) is 6.76. The smallest absolute Gasteiger partial charge is 0.254 e. The van der Waals surface area contributed by atoms with Gasteiger partial charge in [0.2, 0.25) is 0 Å². The van der Waals surface area contributed by atoms with E-state index >= 15 is 0 Å². The molecule has 0 unspecified atom stereocenters. The molecule has 136 valence electrons. The zero-order valence-corrected chi connectivity index (χ0v) is 15.1. The first kappa shape index (κ1) is 17.1. The summed E-state index contributed by atoms with van der Waals surface area (Å²) in [6.45, 7) is 2.94. The van der Waals surface area contributed by atoms with E-state index < -0.39 is 0 Å². The molecular weight excluding hydrogens is 340 g/mol. The maximum absolute atomic E-state index is 12.8. The molecule has 1 N–H and O–H groups in total. The Balaban J connectivity index is 1.43. The number of hydrogen-bond donors (Lipinski definition) is 1. The molecule has 6 heteroatoms. The Morgan fingerprint density at radius 1 is 1.11 bits per heavy atom. The molecule has 4 rings (SSSR count). The van der Waals surface area contributed by atoms with Gasteiger partial charge in [-0.1, -0.05) is 12.1 Å². The van der Waals surface area contributed by atoms with Crippen LogP contribution in [0.2, 0.25) is 0 Å². The average molecular weight is 360 g/mol. The van der Waals surface area contributed by atoms with Gasteiger partial charge in [0.05, 0.1) is 11.1 Å². The van der Waals surface area contributed by atoms with Crippen molar-refractivity contribution in [3.05, 3.63) is 71.7 Å². The van der Waals surface area contributed by atoms with Crippen LogP contribution in [0.3, 0.4) is 0 Å². The van der Waals surface area contributed by atoms with Crippen molar-refractivity contribution < 1.29 is 9.59 Å². The molecule has 3 aromatic rings. The first-order valence-electron chi connectivity index (χ1n) is 8.98. The first-order chi connectivity index (χ1) is 13.1. The second-order valence-corrected chi connectivity index (χ2v) is 6.76. The van der Waals surface area contributed by atoms with Crippen LogP contribution in [0.5, 0.6) is 0 Å². The van der Waals surface area contributed by atoms with E-state index in [4.69, 9.17) is 0 Å². The molecule has 1 aromatic carbocycles. The fourth-order valence-corrected chi connectivity index (χ4v) is 3.43. The van der Waals surface area contributed by atoms with Gasteiger partial charge < -0.3 is 10.2 Å². The SMILES string of the molecule is Cc1ncccc1C(=O)N[C@@H]1CCN(C(=O)c2ccc3cccnc3c2)C1. The highest BCUT2D eigenvalue weighted by Gasteiger charge is 2.28. The van der Waals surface area contributed by atoms with Crippen LogP contribution >= 0.6 is 0 Å². The number of aromatic nitrogens is 2. The lowest BCUT2D eigenvalue weighted by Gasteiger charge is -2.17.